The van der Waals surface area contributed by atoms with Crippen LogP contribution in [0.3, 0.4) is 0 Å². The smallest absolute Gasteiger partial charge is 0.264 e. The number of amides is 1. The molecule has 2 N–H and O–H groups in total. The van der Waals surface area contributed by atoms with Gasteiger partial charge in [-0.3, -0.25) is 9.59 Å². The minimum atomic E-state index is -3.23. The number of H-pyrrole nitrogens is 1. The molecule has 2 aliphatic rings. The van der Waals surface area contributed by atoms with Crippen LogP contribution in [0.25, 0.3) is 0 Å². The fraction of sp³-hybridized carbons (Fsp3) is 0.667. The predicted octanol–water partition coefficient (Wildman–Crippen LogP) is -0.511. The summed E-state index contributed by atoms with van der Waals surface area (Å²) in [6.45, 7) is 0.846. The van der Waals surface area contributed by atoms with Crippen molar-refractivity contribution in [2.75, 3.05) is 19.3 Å². The van der Waals surface area contributed by atoms with E-state index in [1.54, 1.807) is 6.07 Å². The second kappa shape index (κ2) is 6.64. The SMILES string of the molecule is CS(=O)(=O)N1C[C@H](NC(=O)CCc2ccc(=O)[nH]n2)[C@@H](C2CC2)C1. The van der Waals surface area contributed by atoms with Gasteiger partial charge >= 0.3 is 0 Å². The maximum atomic E-state index is 12.2. The zero-order chi connectivity index (χ0) is 17.3. The number of aromatic nitrogens is 2. The number of nitrogens with one attached hydrogen (secondary N) is 2. The summed E-state index contributed by atoms with van der Waals surface area (Å²) in [5.74, 6) is 0.604. The standard InChI is InChI=1S/C15H22N4O4S/c1-24(22,23)19-8-12(10-2-3-10)13(9-19)16-14(20)6-4-11-5-7-15(21)18-17-11/h5,7,10,12-13H,2-4,6,8-9H2,1H3,(H,16,20)(H,18,21)/t12-,13+/m1/s1. The van der Waals surface area contributed by atoms with Crippen LogP contribution in [0.5, 0.6) is 0 Å². The maximum absolute atomic E-state index is 12.2. The monoisotopic (exact) mass is 354 g/mol. The number of nitrogens with zero attached hydrogens (tertiary/aromatic N) is 2. The Kier molecular flexibility index (Phi) is 4.73. The first-order valence-corrected chi connectivity index (χ1v) is 9.97. The van der Waals surface area contributed by atoms with Crippen molar-refractivity contribution in [1.29, 1.82) is 0 Å². The summed E-state index contributed by atoms with van der Waals surface area (Å²) < 4.78 is 25.0. The van der Waals surface area contributed by atoms with Crippen LogP contribution in [-0.4, -0.2) is 54.2 Å². The van der Waals surface area contributed by atoms with Crippen molar-refractivity contribution in [3.05, 3.63) is 28.2 Å². The first kappa shape index (κ1) is 17.1. The number of sulfonamides is 1. The van der Waals surface area contributed by atoms with Crippen LogP contribution in [0.4, 0.5) is 0 Å². The zero-order valence-electron chi connectivity index (χ0n) is 13.6. The lowest BCUT2D eigenvalue weighted by atomic mass is 9.98. The van der Waals surface area contributed by atoms with Gasteiger partial charge in [-0.25, -0.2) is 13.5 Å². The van der Waals surface area contributed by atoms with Crippen LogP contribution in [0.15, 0.2) is 16.9 Å². The van der Waals surface area contributed by atoms with Crippen LogP contribution in [0, 0.1) is 11.8 Å². The molecule has 0 bridgehead atoms. The minimum absolute atomic E-state index is 0.117. The number of rotatable bonds is 6. The Labute approximate surface area is 140 Å². The van der Waals surface area contributed by atoms with E-state index in [0.717, 1.165) is 12.8 Å². The largest absolute Gasteiger partial charge is 0.352 e. The van der Waals surface area contributed by atoms with Crippen molar-refractivity contribution >= 4 is 15.9 Å². The summed E-state index contributed by atoms with van der Waals surface area (Å²) in [4.78, 5) is 23.2. The second-order valence-electron chi connectivity index (χ2n) is 6.67. The van der Waals surface area contributed by atoms with Gasteiger partial charge in [0.1, 0.15) is 0 Å². The third-order valence-electron chi connectivity index (χ3n) is 4.72. The van der Waals surface area contributed by atoms with E-state index in [4.69, 9.17) is 0 Å². The Balaban J connectivity index is 1.56. The van der Waals surface area contributed by atoms with Gasteiger partial charge < -0.3 is 5.32 Å². The molecule has 1 aliphatic heterocycles. The molecule has 2 atom stereocenters. The third-order valence-corrected chi connectivity index (χ3v) is 5.96. The molecule has 1 aliphatic carbocycles. The first-order chi connectivity index (χ1) is 11.3. The molecule has 24 heavy (non-hydrogen) atoms. The van der Waals surface area contributed by atoms with Crippen molar-refractivity contribution < 1.29 is 13.2 Å². The highest BCUT2D eigenvalue weighted by atomic mass is 32.2. The minimum Gasteiger partial charge on any atom is -0.352 e. The van der Waals surface area contributed by atoms with Crippen molar-refractivity contribution in [1.82, 2.24) is 19.8 Å². The Hall–Kier alpha value is -1.74. The Morgan fingerprint density at radius 3 is 2.71 bits per heavy atom. The van der Waals surface area contributed by atoms with Crippen LogP contribution < -0.4 is 10.9 Å². The highest BCUT2D eigenvalue weighted by Crippen LogP contribution is 2.41. The first-order valence-electron chi connectivity index (χ1n) is 8.12. The lowest BCUT2D eigenvalue weighted by molar-refractivity contribution is -0.122. The number of aryl methyl sites for hydroxylation is 1. The van der Waals surface area contributed by atoms with Gasteiger partial charge in [0, 0.05) is 38.0 Å². The van der Waals surface area contributed by atoms with Crippen LogP contribution >= 0.6 is 0 Å². The quantitative estimate of drug-likeness (QED) is 0.714. The third kappa shape index (κ3) is 4.21. The summed E-state index contributed by atoms with van der Waals surface area (Å²) >= 11 is 0. The number of hydrogen-bond acceptors (Lipinski definition) is 5. The number of carbonyl (C=O) groups is 1. The molecular weight excluding hydrogens is 332 g/mol. The highest BCUT2D eigenvalue weighted by molar-refractivity contribution is 7.88. The van der Waals surface area contributed by atoms with Gasteiger partial charge in [-0.15, -0.1) is 0 Å². The second-order valence-corrected chi connectivity index (χ2v) is 8.65. The molecule has 1 aromatic rings. The topological polar surface area (TPSA) is 112 Å². The molecule has 0 radical (unpaired) electrons. The van der Waals surface area contributed by atoms with Crippen LogP contribution in [0.1, 0.15) is 25.0 Å². The molecule has 0 unspecified atom stereocenters. The molecule has 1 saturated heterocycles. The van der Waals surface area contributed by atoms with Crippen molar-refractivity contribution in [3.8, 4) is 0 Å². The Morgan fingerprint density at radius 1 is 1.38 bits per heavy atom. The molecule has 1 amide bonds. The summed E-state index contributed by atoms with van der Waals surface area (Å²) in [5.41, 5.74) is 0.370. The number of aromatic amines is 1. The van der Waals surface area contributed by atoms with E-state index in [2.05, 4.69) is 15.5 Å². The van der Waals surface area contributed by atoms with Crippen LogP contribution in [0.2, 0.25) is 0 Å². The van der Waals surface area contributed by atoms with Gasteiger partial charge in [-0.2, -0.15) is 9.40 Å². The lowest BCUT2D eigenvalue weighted by Gasteiger charge is -2.19. The van der Waals surface area contributed by atoms with Gasteiger partial charge in [-0.1, -0.05) is 0 Å². The van der Waals surface area contributed by atoms with E-state index in [1.165, 1.54) is 16.6 Å². The van der Waals surface area contributed by atoms with Crippen LogP contribution in [-0.2, 0) is 21.2 Å². The average molecular weight is 354 g/mol. The van der Waals surface area contributed by atoms with E-state index in [-0.39, 0.29) is 29.8 Å². The number of hydrogen-bond donors (Lipinski definition) is 2. The van der Waals surface area contributed by atoms with Gasteiger partial charge in [0.25, 0.3) is 5.56 Å². The van der Waals surface area contributed by atoms with Crippen molar-refractivity contribution in [3.63, 3.8) is 0 Å². The van der Waals surface area contributed by atoms with Gasteiger partial charge in [0.2, 0.25) is 15.9 Å². The molecule has 3 rings (SSSR count). The normalized spacial score (nSPS) is 24.9. The zero-order valence-corrected chi connectivity index (χ0v) is 14.4. The van der Waals surface area contributed by atoms with E-state index in [0.29, 0.717) is 31.1 Å². The molecule has 2 fully saturated rings. The number of carbonyl (C=O) groups excluding carboxylic acids is 1. The Bertz CT molecular complexity index is 751. The molecule has 1 saturated carbocycles. The fourth-order valence-electron chi connectivity index (χ4n) is 3.25. The lowest BCUT2D eigenvalue weighted by Crippen LogP contribution is -2.41. The van der Waals surface area contributed by atoms with E-state index in [1.807, 2.05) is 0 Å². The molecule has 0 spiro atoms. The van der Waals surface area contributed by atoms with Gasteiger partial charge in [-0.05, 0) is 30.7 Å². The predicted molar refractivity (Wildman–Crippen MR) is 87.7 cm³/mol. The van der Waals surface area contributed by atoms with Crippen molar-refractivity contribution in [2.45, 2.75) is 31.7 Å². The summed E-state index contributed by atoms with van der Waals surface area (Å²) in [6.07, 6.45) is 4.11. The van der Waals surface area contributed by atoms with Gasteiger partial charge in [0.05, 0.1) is 11.9 Å². The fourth-order valence-corrected chi connectivity index (χ4v) is 4.12. The molecular formula is C15H22N4O4S. The Morgan fingerprint density at radius 2 is 2.12 bits per heavy atom. The maximum Gasteiger partial charge on any atom is 0.264 e. The molecule has 9 heteroatoms. The summed E-state index contributed by atoms with van der Waals surface area (Å²) in [5, 5.41) is 9.20. The van der Waals surface area contributed by atoms with E-state index in [9.17, 15) is 18.0 Å². The summed E-state index contributed by atoms with van der Waals surface area (Å²) in [6, 6.07) is 2.85. The summed E-state index contributed by atoms with van der Waals surface area (Å²) in [7, 11) is -3.23. The average Bonchev–Trinajstić information content (AvgIpc) is 3.26. The van der Waals surface area contributed by atoms with Gasteiger partial charge in [0.15, 0.2) is 0 Å². The van der Waals surface area contributed by atoms with Crippen molar-refractivity contribution in [2.24, 2.45) is 11.8 Å². The molecule has 8 nitrogen and oxygen atoms in total. The molecule has 0 aromatic carbocycles. The molecule has 1 aromatic heterocycles. The molecule has 132 valence electrons. The van der Waals surface area contributed by atoms with E-state index >= 15 is 0 Å². The molecule has 2 heterocycles. The van der Waals surface area contributed by atoms with E-state index < -0.39 is 10.0 Å². The highest BCUT2D eigenvalue weighted by Gasteiger charge is 2.45.